The first-order valence-electron chi connectivity index (χ1n) is 4.49. The summed E-state index contributed by atoms with van der Waals surface area (Å²) in [4.78, 5) is 10.4. The molecule has 0 aliphatic carbocycles. The zero-order chi connectivity index (χ0) is 11.1. The lowest BCUT2D eigenvalue weighted by Crippen LogP contribution is -2.09. The zero-order valence-electron chi connectivity index (χ0n) is 8.40. The predicted molar refractivity (Wildman–Crippen MR) is 53.3 cm³/mol. The van der Waals surface area contributed by atoms with Crippen molar-refractivity contribution >= 4 is 5.97 Å². The lowest BCUT2D eigenvalue weighted by Gasteiger charge is -2.07. The van der Waals surface area contributed by atoms with E-state index in [-0.39, 0.29) is 19.2 Å². The third kappa shape index (κ3) is 3.69. The van der Waals surface area contributed by atoms with Crippen LogP contribution in [0.1, 0.15) is 12.5 Å². The average molecular weight is 205 g/mol. The highest BCUT2D eigenvalue weighted by Gasteiger charge is 2.01. The van der Waals surface area contributed by atoms with E-state index in [1.54, 1.807) is 24.3 Å². The number of nitriles is 1. The largest absolute Gasteiger partial charge is 0.489 e. The van der Waals surface area contributed by atoms with E-state index >= 15 is 0 Å². The van der Waals surface area contributed by atoms with Gasteiger partial charge >= 0.3 is 5.97 Å². The third-order valence-electron chi connectivity index (χ3n) is 1.65. The van der Waals surface area contributed by atoms with E-state index in [1.165, 1.54) is 6.92 Å². The van der Waals surface area contributed by atoms with Gasteiger partial charge in [-0.05, 0) is 12.1 Å². The molecule has 0 aliphatic rings. The summed E-state index contributed by atoms with van der Waals surface area (Å²) < 4.78 is 9.97. The molecule has 1 aromatic carbocycles. The van der Waals surface area contributed by atoms with Crippen LogP contribution in [0.3, 0.4) is 0 Å². The minimum Gasteiger partial charge on any atom is -0.489 e. The van der Waals surface area contributed by atoms with Crippen LogP contribution in [-0.4, -0.2) is 19.2 Å². The molecule has 0 amide bonds. The van der Waals surface area contributed by atoms with Crippen LogP contribution in [0.4, 0.5) is 0 Å². The van der Waals surface area contributed by atoms with Crippen molar-refractivity contribution in [3.05, 3.63) is 29.8 Å². The molecule has 4 heteroatoms. The highest BCUT2D eigenvalue weighted by Crippen LogP contribution is 2.15. The Hall–Kier alpha value is -2.02. The van der Waals surface area contributed by atoms with Gasteiger partial charge in [-0.3, -0.25) is 4.79 Å². The molecule has 0 spiro atoms. The molecule has 0 unspecified atom stereocenters. The molecular formula is C11H11NO3. The molecule has 15 heavy (non-hydrogen) atoms. The van der Waals surface area contributed by atoms with E-state index in [4.69, 9.17) is 14.7 Å². The van der Waals surface area contributed by atoms with Crippen molar-refractivity contribution in [2.75, 3.05) is 13.2 Å². The van der Waals surface area contributed by atoms with Crippen LogP contribution in [0.2, 0.25) is 0 Å². The van der Waals surface area contributed by atoms with Crippen LogP contribution < -0.4 is 4.74 Å². The maximum atomic E-state index is 10.4. The van der Waals surface area contributed by atoms with Crippen LogP contribution >= 0.6 is 0 Å². The number of ether oxygens (including phenoxy) is 2. The second kappa shape index (κ2) is 5.66. The summed E-state index contributed by atoms with van der Waals surface area (Å²) in [5.41, 5.74) is 0.473. The van der Waals surface area contributed by atoms with Gasteiger partial charge in [0.1, 0.15) is 25.0 Å². The number of para-hydroxylation sites is 1. The molecule has 0 saturated carbocycles. The van der Waals surface area contributed by atoms with Crippen LogP contribution in [0.25, 0.3) is 0 Å². The lowest BCUT2D eigenvalue weighted by atomic mass is 10.2. The van der Waals surface area contributed by atoms with Gasteiger partial charge in [0.25, 0.3) is 0 Å². The van der Waals surface area contributed by atoms with Crippen molar-refractivity contribution in [3.63, 3.8) is 0 Å². The van der Waals surface area contributed by atoms with E-state index in [2.05, 4.69) is 0 Å². The van der Waals surface area contributed by atoms with Crippen molar-refractivity contribution in [3.8, 4) is 11.8 Å². The second-order valence-corrected chi connectivity index (χ2v) is 2.80. The molecule has 0 radical (unpaired) electrons. The summed E-state index contributed by atoms with van der Waals surface area (Å²) in [6.07, 6.45) is 0. The second-order valence-electron chi connectivity index (χ2n) is 2.80. The molecule has 0 heterocycles. The molecule has 0 aliphatic heterocycles. The van der Waals surface area contributed by atoms with Gasteiger partial charge in [0.05, 0.1) is 5.56 Å². The Labute approximate surface area is 88.0 Å². The first-order chi connectivity index (χ1) is 7.24. The Morgan fingerprint density at radius 1 is 1.40 bits per heavy atom. The van der Waals surface area contributed by atoms with E-state index in [9.17, 15) is 4.79 Å². The van der Waals surface area contributed by atoms with Gasteiger partial charge in [-0.15, -0.1) is 0 Å². The number of carbonyl (C=O) groups excluding carboxylic acids is 1. The molecule has 1 rings (SSSR count). The van der Waals surface area contributed by atoms with Crippen molar-refractivity contribution in [2.45, 2.75) is 6.92 Å². The fourth-order valence-electron chi connectivity index (χ4n) is 1.02. The number of benzene rings is 1. The summed E-state index contributed by atoms with van der Waals surface area (Å²) in [6, 6.07) is 8.92. The van der Waals surface area contributed by atoms with Gasteiger partial charge in [0, 0.05) is 6.92 Å². The Balaban J connectivity index is 2.44. The standard InChI is InChI=1S/C11H11NO3/c1-9(13)14-6-7-15-11-5-3-2-4-10(11)8-12/h2-5H,6-7H2,1H3. The molecule has 78 valence electrons. The fourth-order valence-corrected chi connectivity index (χ4v) is 1.02. The van der Waals surface area contributed by atoms with Gasteiger partial charge < -0.3 is 9.47 Å². The lowest BCUT2D eigenvalue weighted by molar-refractivity contribution is -0.141. The maximum Gasteiger partial charge on any atom is 0.302 e. The van der Waals surface area contributed by atoms with E-state index in [0.717, 1.165) is 0 Å². The minimum atomic E-state index is -0.341. The van der Waals surface area contributed by atoms with Gasteiger partial charge in [0.2, 0.25) is 0 Å². The number of carbonyl (C=O) groups is 1. The monoisotopic (exact) mass is 205 g/mol. The van der Waals surface area contributed by atoms with Crippen LogP contribution in [-0.2, 0) is 9.53 Å². The van der Waals surface area contributed by atoms with Crippen molar-refractivity contribution in [1.82, 2.24) is 0 Å². The summed E-state index contributed by atoms with van der Waals surface area (Å²) >= 11 is 0. The number of esters is 1. The Morgan fingerprint density at radius 3 is 2.80 bits per heavy atom. The van der Waals surface area contributed by atoms with Crippen molar-refractivity contribution < 1.29 is 14.3 Å². The first-order valence-corrected chi connectivity index (χ1v) is 4.49. The predicted octanol–water partition coefficient (Wildman–Crippen LogP) is 1.50. The molecule has 0 fully saturated rings. The molecule has 0 N–H and O–H groups in total. The molecule has 0 aromatic heterocycles. The number of hydrogen-bond acceptors (Lipinski definition) is 4. The topological polar surface area (TPSA) is 59.3 Å². The number of rotatable bonds is 4. The van der Waals surface area contributed by atoms with Crippen molar-refractivity contribution in [1.29, 1.82) is 5.26 Å². The molecule has 1 aromatic rings. The van der Waals surface area contributed by atoms with Gasteiger partial charge in [0.15, 0.2) is 0 Å². The highest BCUT2D eigenvalue weighted by molar-refractivity contribution is 5.65. The molecular weight excluding hydrogens is 194 g/mol. The SMILES string of the molecule is CC(=O)OCCOc1ccccc1C#N. The number of nitrogens with zero attached hydrogens (tertiary/aromatic N) is 1. The minimum absolute atomic E-state index is 0.190. The Morgan fingerprint density at radius 2 is 2.13 bits per heavy atom. The smallest absolute Gasteiger partial charge is 0.302 e. The van der Waals surface area contributed by atoms with E-state index in [0.29, 0.717) is 11.3 Å². The summed E-state index contributed by atoms with van der Waals surface area (Å²) in [5.74, 6) is 0.166. The van der Waals surface area contributed by atoms with Crippen LogP contribution in [0.15, 0.2) is 24.3 Å². The van der Waals surface area contributed by atoms with Crippen molar-refractivity contribution in [2.24, 2.45) is 0 Å². The summed E-state index contributed by atoms with van der Waals surface area (Å²) in [7, 11) is 0. The first kappa shape index (κ1) is 11.1. The summed E-state index contributed by atoms with van der Waals surface area (Å²) in [6.45, 7) is 1.77. The molecule has 0 atom stereocenters. The van der Waals surface area contributed by atoms with Crippen LogP contribution in [0, 0.1) is 11.3 Å². The Bertz CT molecular complexity index is 382. The normalized spacial score (nSPS) is 9.07. The van der Waals surface area contributed by atoms with Gasteiger partial charge in [-0.1, -0.05) is 12.1 Å². The maximum absolute atomic E-state index is 10.4. The molecule has 0 saturated heterocycles. The van der Waals surface area contributed by atoms with E-state index in [1.807, 2.05) is 6.07 Å². The fraction of sp³-hybridized carbons (Fsp3) is 0.273. The van der Waals surface area contributed by atoms with E-state index < -0.39 is 0 Å². The zero-order valence-corrected chi connectivity index (χ0v) is 8.40. The van der Waals surface area contributed by atoms with Gasteiger partial charge in [-0.25, -0.2) is 0 Å². The Kier molecular flexibility index (Phi) is 4.17. The highest BCUT2D eigenvalue weighted by atomic mass is 16.6. The average Bonchev–Trinajstić information content (AvgIpc) is 2.24. The number of hydrogen-bond donors (Lipinski definition) is 0. The van der Waals surface area contributed by atoms with Gasteiger partial charge in [-0.2, -0.15) is 5.26 Å². The quantitative estimate of drug-likeness (QED) is 0.552. The molecule has 4 nitrogen and oxygen atoms in total. The summed E-state index contributed by atoms with van der Waals surface area (Å²) in [5, 5.41) is 8.75. The van der Waals surface area contributed by atoms with Crippen LogP contribution in [0.5, 0.6) is 5.75 Å². The third-order valence-corrected chi connectivity index (χ3v) is 1.65. The molecule has 0 bridgehead atoms.